The van der Waals surface area contributed by atoms with Crippen LogP contribution < -0.4 is 5.56 Å². The zero-order valence-electron chi connectivity index (χ0n) is 19.8. The van der Waals surface area contributed by atoms with E-state index in [0.717, 1.165) is 11.1 Å². The van der Waals surface area contributed by atoms with Gasteiger partial charge in [-0.3, -0.25) is 14.2 Å². The fourth-order valence-electron chi connectivity index (χ4n) is 4.88. The largest absolute Gasteiger partial charge is 0.378 e. The zero-order chi connectivity index (χ0) is 25.2. The van der Waals surface area contributed by atoms with Crippen LogP contribution in [-0.4, -0.2) is 32.0 Å². The fourth-order valence-corrected chi connectivity index (χ4v) is 4.88. The van der Waals surface area contributed by atoms with Crippen molar-refractivity contribution in [2.75, 3.05) is 6.54 Å². The van der Waals surface area contributed by atoms with E-state index in [-0.39, 0.29) is 30.3 Å². The topological polar surface area (TPSA) is 75.4 Å². The Morgan fingerprint density at radius 3 is 2.14 bits per heavy atom. The molecule has 1 unspecified atom stereocenters. The summed E-state index contributed by atoms with van der Waals surface area (Å²) in [6.45, 7) is 2.10. The van der Waals surface area contributed by atoms with Gasteiger partial charge in [0.1, 0.15) is 11.6 Å². The number of amides is 1. The molecule has 4 aromatic rings. The minimum atomic E-state index is -1.62. The van der Waals surface area contributed by atoms with Crippen molar-refractivity contribution >= 4 is 5.91 Å². The fraction of sp³-hybridized carbons (Fsp3) is 0.207. The Morgan fingerprint density at radius 2 is 1.53 bits per heavy atom. The Bertz CT molecular complexity index is 1410. The molecule has 0 fully saturated rings. The van der Waals surface area contributed by atoms with Gasteiger partial charge in [0.05, 0.1) is 18.3 Å². The second kappa shape index (κ2) is 9.87. The van der Waals surface area contributed by atoms with Gasteiger partial charge >= 0.3 is 0 Å². The third kappa shape index (κ3) is 4.33. The molecule has 1 N–H and O–H groups in total. The summed E-state index contributed by atoms with van der Waals surface area (Å²) in [5.41, 5.74) is 2.79. The molecule has 7 heteroatoms. The molecule has 5 rings (SSSR count). The molecule has 1 aromatic heterocycles. The molecule has 1 aliphatic rings. The third-order valence-electron chi connectivity index (χ3n) is 6.68. The number of halogens is 1. The number of fused-ring (bicyclic) bond motifs is 1. The minimum Gasteiger partial charge on any atom is -0.378 e. The van der Waals surface area contributed by atoms with E-state index in [2.05, 4.69) is 0 Å². The standard InChI is InChI=1S/C29H26FN3O3/c1-19-31-25-18-32(29(36)27(34)22-14-8-9-15-24(22)30)17-16-23(25)28(35)33(19)26(20-10-4-2-5-11-20)21-12-6-3-7-13-21/h2-15,26-27,34H,16-18H2,1H3. The van der Waals surface area contributed by atoms with Crippen LogP contribution in [0.4, 0.5) is 4.39 Å². The van der Waals surface area contributed by atoms with Crippen LogP contribution in [0, 0.1) is 12.7 Å². The summed E-state index contributed by atoms with van der Waals surface area (Å²) in [7, 11) is 0. The Labute approximate surface area is 208 Å². The molecule has 0 saturated carbocycles. The number of aliphatic hydroxyl groups is 1. The maximum absolute atomic E-state index is 14.1. The van der Waals surface area contributed by atoms with E-state index in [1.54, 1.807) is 17.6 Å². The van der Waals surface area contributed by atoms with Gasteiger partial charge in [-0.05, 0) is 30.5 Å². The smallest absolute Gasteiger partial charge is 0.257 e. The molecule has 0 bridgehead atoms. The predicted octanol–water partition coefficient (Wildman–Crippen LogP) is 3.95. The molecular formula is C29H26FN3O3. The van der Waals surface area contributed by atoms with Gasteiger partial charge < -0.3 is 10.0 Å². The second-order valence-corrected chi connectivity index (χ2v) is 8.92. The summed E-state index contributed by atoms with van der Waals surface area (Å²) < 4.78 is 15.8. The lowest BCUT2D eigenvalue weighted by atomic mass is 9.97. The van der Waals surface area contributed by atoms with Crippen LogP contribution in [0.15, 0.2) is 89.7 Å². The first kappa shape index (κ1) is 23.6. The first-order valence-corrected chi connectivity index (χ1v) is 11.9. The predicted molar refractivity (Wildman–Crippen MR) is 134 cm³/mol. The van der Waals surface area contributed by atoms with Crippen molar-refractivity contribution in [3.8, 4) is 0 Å². The van der Waals surface area contributed by atoms with Crippen LogP contribution >= 0.6 is 0 Å². The van der Waals surface area contributed by atoms with Crippen molar-refractivity contribution in [2.45, 2.75) is 32.0 Å². The van der Waals surface area contributed by atoms with Crippen molar-refractivity contribution in [2.24, 2.45) is 0 Å². The van der Waals surface area contributed by atoms with E-state index >= 15 is 0 Å². The molecule has 1 amide bonds. The summed E-state index contributed by atoms with van der Waals surface area (Å²) in [5, 5.41) is 10.5. The van der Waals surface area contributed by atoms with Crippen LogP contribution in [0.3, 0.4) is 0 Å². The van der Waals surface area contributed by atoms with Gasteiger partial charge in [-0.1, -0.05) is 78.9 Å². The van der Waals surface area contributed by atoms with E-state index in [1.165, 1.54) is 23.1 Å². The highest BCUT2D eigenvalue weighted by atomic mass is 19.1. The number of nitrogens with zero attached hydrogens (tertiary/aromatic N) is 3. The molecule has 0 saturated heterocycles. The molecule has 36 heavy (non-hydrogen) atoms. The molecular weight excluding hydrogens is 457 g/mol. The number of hydrogen-bond donors (Lipinski definition) is 1. The molecule has 0 spiro atoms. The van der Waals surface area contributed by atoms with Gasteiger partial charge in [-0.2, -0.15) is 0 Å². The normalized spacial score (nSPS) is 13.9. The highest BCUT2D eigenvalue weighted by Crippen LogP contribution is 2.28. The average Bonchev–Trinajstić information content (AvgIpc) is 2.91. The lowest BCUT2D eigenvalue weighted by Gasteiger charge is -2.31. The highest BCUT2D eigenvalue weighted by molar-refractivity contribution is 5.82. The van der Waals surface area contributed by atoms with E-state index in [1.807, 2.05) is 60.7 Å². The maximum Gasteiger partial charge on any atom is 0.257 e. The molecule has 0 aliphatic carbocycles. The molecule has 3 aromatic carbocycles. The Balaban J connectivity index is 1.51. The lowest BCUT2D eigenvalue weighted by Crippen LogP contribution is -2.43. The highest BCUT2D eigenvalue weighted by Gasteiger charge is 2.32. The van der Waals surface area contributed by atoms with Crippen LogP contribution in [0.2, 0.25) is 0 Å². The molecule has 2 heterocycles. The average molecular weight is 484 g/mol. The number of aryl methyl sites for hydroxylation is 1. The van der Waals surface area contributed by atoms with Gasteiger partial charge in [-0.25, -0.2) is 9.37 Å². The number of hydrogen-bond acceptors (Lipinski definition) is 4. The number of benzene rings is 3. The summed E-state index contributed by atoms with van der Waals surface area (Å²) in [6, 6.07) is 25.0. The monoisotopic (exact) mass is 483 g/mol. The molecule has 6 nitrogen and oxygen atoms in total. The quantitative estimate of drug-likeness (QED) is 0.467. The third-order valence-corrected chi connectivity index (χ3v) is 6.68. The van der Waals surface area contributed by atoms with Gasteiger partial charge in [0.15, 0.2) is 6.10 Å². The van der Waals surface area contributed by atoms with Crippen molar-refractivity contribution in [1.29, 1.82) is 0 Å². The number of rotatable bonds is 5. The van der Waals surface area contributed by atoms with Crippen molar-refractivity contribution in [3.05, 3.63) is 135 Å². The van der Waals surface area contributed by atoms with E-state index in [9.17, 15) is 19.1 Å². The minimum absolute atomic E-state index is 0.0681. The summed E-state index contributed by atoms with van der Waals surface area (Å²) >= 11 is 0. The van der Waals surface area contributed by atoms with E-state index in [4.69, 9.17) is 4.98 Å². The van der Waals surface area contributed by atoms with Crippen LogP contribution in [0.1, 0.15) is 45.9 Å². The number of carbonyl (C=O) groups is 1. The lowest BCUT2D eigenvalue weighted by molar-refractivity contribution is -0.141. The SMILES string of the molecule is Cc1nc2c(c(=O)n1C(c1ccccc1)c1ccccc1)CCN(C(=O)C(O)c1ccccc1F)C2. The second-order valence-electron chi connectivity index (χ2n) is 8.92. The molecule has 182 valence electrons. The van der Waals surface area contributed by atoms with Crippen molar-refractivity contribution in [3.63, 3.8) is 0 Å². The summed E-state index contributed by atoms with van der Waals surface area (Å²) in [5.74, 6) is -0.721. The number of carbonyl (C=O) groups excluding carboxylic acids is 1. The Kier molecular flexibility index (Phi) is 6.48. The maximum atomic E-state index is 14.1. The Hall–Kier alpha value is -4.10. The number of aliphatic hydroxyl groups excluding tert-OH is 1. The first-order chi connectivity index (χ1) is 17.5. The van der Waals surface area contributed by atoms with Crippen LogP contribution in [0.25, 0.3) is 0 Å². The van der Waals surface area contributed by atoms with E-state index < -0.39 is 17.8 Å². The van der Waals surface area contributed by atoms with Gasteiger partial charge in [0.2, 0.25) is 0 Å². The molecule has 0 radical (unpaired) electrons. The van der Waals surface area contributed by atoms with Crippen LogP contribution in [-0.2, 0) is 17.8 Å². The summed E-state index contributed by atoms with van der Waals surface area (Å²) in [4.78, 5) is 33.0. The summed E-state index contributed by atoms with van der Waals surface area (Å²) in [6.07, 6.45) is -1.32. The molecule has 1 atom stereocenters. The first-order valence-electron chi connectivity index (χ1n) is 11.9. The molecule has 1 aliphatic heterocycles. The van der Waals surface area contributed by atoms with Gasteiger partial charge in [0.25, 0.3) is 11.5 Å². The van der Waals surface area contributed by atoms with Crippen LogP contribution in [0.5, 0.6) is 0 Å². The Morgan fingerprint density at radius 1 is 0.944 bits per heavy atom. The van der Waals surface area contributed by atoms with E-state index in [0.29, 0.717) is 23.5 Å². The van der Waals surface area contributed by atoms with Gasteiger partial charge in [-0.15, -0.1) is 0 Å². The van der Waals surface area contributed by atoms with Crippen molar-refractivity contribution < 1.29 is 14.3 Å². The zero-order valence-corrected chi connectivity index (χ0v) is 19.8. The van der Waals surface area contributed by atoms with Crippen molar-refractivity contribution in [1.82, 2.24) is 14.5 Å². The van der Waals surface area contributed by atoms with Gasteiger partial charge in [0, 0.05) is 17.7 Å². The number of aromatic nitrogens is 2.